The van der Waals surface area contributed by atoms with E-state index in [1.807, 2.05) is 0 Å². The van der Waals surface area contributed by atoms with Gasteiger partial charge in [0.15, 0.2) is 0 Å². The minimum Gasteiger partial charge on any atom is -0.389 e. The minimum atomic E-state index is -0.348. The lowest BCUT2D eigenvalue weighted by atomic mass is 9.75. The van der Waals surface area contributed by atoms with E-state index >= 15 is 0 Å². The van der Waals surface area contributed by atoms with Crippen molar-refractivity contribution in [3.8, 4) is 0 Å². The molecular formula is C15H29NO2. The maximum atomic E-state index is 9.83. The fraction of sp³-hybridized carbons (Fsp3) is 1.00. The zero-order valence-corrected chi connectivity index (χ0v) is 12.0. The molecule has 0 heterocycles. The summed E-state index contributed by atoms with van der Waals surface area (Å²) < 4.78 is 5.50. The Hall–Kier alpha value is -0.120. The van der Waals surface area contributed by atoms with Gasteiger partial charge in [0, 0.05) is 19.2 Å². The second kappa shape index (κ2) is 6.36. The van der Waals surface area contributed by atoms with Crippen molar-refractivity contribution in [2.45, 2.75) is 64.5 Å². The highest BCUT2D eigenvalue weighted by Gasteiger charge is 2.26. The maximum Gasteiger partial charge on any atom is 0.0897 e. The maximum absolute atomic E-state index is 9.83. The molecule has 1 atom stereocenters. The van der Waals surface area contributed by atoms with Gasteiger partial charge in [-0.05, 0) is 49.9 Å². The summed E-state index contributed by atoms with van der Waals surface area (Å²) in [5.41, 5.74) is 0.518. The molecular weight excluding hydrogens is 226 g/mol. The van der Waals surface area contributed by atoms with Crippen molar-refractivity contribution in [3.05, 3.63) is 0 Å². The van der Waals surface area contributed by atoms with Gasteiger partial charge in [0.2, 0.25) is 0 Å². The number of aliphatic hydroxyl groups is 1. The highest BCUT2D eigenvalue weighted by molar-refractivity contribution is 4.82. The molecule has 0 aromatic carbocycles. The van der Waals surface area contributed by atoms with Crippen LogP contribution in [-0.2, 0) is 4.74 Å². The minimum absolute atomic E-state index is 0.348. The largest absolute Gasteiger partial charge is 0.389 e. The van der Waals surface area contributed by atoms with E-state index in [0.29, 0.717) is 24.6 Å². The molecule has 2 aliphatic carbocycles. The Morgan fingerprint density at radius 1 is 1.22 bits per heavy atom. The zero-order valence-electron chi connectivity index (χ0n) is 12.0. The van der Waals surface area contributed by atoms with Crippen LogP contribution in [0.2, 0.25) is 0 Å². The van der Waals surface area contributed by atoms with E-state index in [9.17, 15) is 5.11 Å². The van der Waals surface area contributed by atoms with E-state index in [2.05, 4.69) is 19.2 Å². The van der Waals surface area contributed by atoms with Gasteiger partial charge >= 0.3 is 0 Å². The summed E-state index contributed by atoms with van der Waals surface area (Å²) in [5.74, 6) is 0.783. The average molecular weight is 255 g/mol. The fourth-order valence-corrected chi connectivity index (χ4v) is 2.62. The SMILES string of the molecule is CC1(C)CCC(NCC(O)COCC2CC2)CC1. The van der Waals surface area contributed by atoms with Crippen molar-refractivity contribution >= 4 is 0 Å². The molecule has 0 saturated heterocycles. The second-order valence-corrected chi connectivity index (χ2v) is 6.98. The fourth-order valence-electron chi connectivity index (χ4n) is 2.62. The number of rotatable bonds is 7. The van der Waals surface area contributed by atoms with Crippen molar-refractivity contribution in [1.82, 2.24) is 5.32 Å². The number of hydrogen-bond acceptors (Lipinski definition) is 3. The Morgan fingerprint density at radius 2 is 1.89 bits per heavy atom. The Morgan fingerprint density at radius 3 is 2.50 bits per heavy atom. The first-order valence-corrected chi connectivity index (χ1v) is 7.54. The molecule has 0 aromatic heterocycles. The van der Waals surface area contributed by atoms with Gasteiger partial charge in [0.05, 0.1) is 12.7 Å². The van der Waals surface area contributed by atoms with E-state index < -0.39 is 0 Å². The highest BCUT2D eigenvalue weighted by atomic mass is 16.5. The molecule has 0 aliphatic heterocycles. The summed E-state index contributed by atoms with van der Waals surface area (Å²) in [5, 5.41) is 13.3. The molecule has 1 unspecified atom stereocenters. The van der Waals surface area contributed by atoms with Gasteiger partial charge in [-0.1, -0.05) is 13.8 Å². The lowest BCUT2D eigenvalue weighted by Crippen LogP contribution is -2.40. The Kier molecular flexibility index (Phi) is 5.05. The lowest BCUT2D eigenvalue weighted by molar-refractivity contribution is 0.0298. The van der Waals surface area contributed by atoms with Crippen LogP contribution >= 0.6 is 0 Å². The van der Waals surface area contributed by atoms with E-state index in [4.69, 9.17) is 4.74 Å². The summed E-state index contributed by atoms with van der Waals surface area (Å²) in [6, 6.07) is 0.594. The Bertz CT molecular complexity index is 241. The average Bonchev–Trinajstić information content (AvgIpc) is 3.12. The van der Waals surface area contributed by atoms with E-state index in [0.717, 1.165) is 12.5 Å². The Balaban J connectivity index is 1.51. The molecule has 0 spiro atoms. The normalized spacial score (nSPS) is 26.2. The van der Waals surface area contributed by atoms with Gasteiger partial charge in [-0.15, -0.1) is 0 Å². The van der Waals surface area contributed by atoms with Crippen molar-refractivity contribution in [1.29, 1.82) is 0 Å². The summed E-state index contributed by atoms with van der Waals surface area (Å²) in [6.07, 6.45) is 7.33. The topological polar surface area (TPSA) is 41.5 Å². The molecule has 18 heavy (non-hydrogen) atoms. The van der Waals surface area contributed by atoms with Gasteiger partial charge < -0.3 is 15.2 Å². The predicted molar refractivity (Wildman–Crippen MR) is 73.6 cm³/mol. The highest BCUT2D eigenvalue weighted by Crippen LogP contribution is 2.34. The summed E-state index contributed by atoms with van der Waals surface area (Å²) in [7, 11) is 0. The summed E-state index contributed by atoms with van der Waals surface area (Å²) >= 11 is 0. The first-order chi connectivity index (χ1) is 8.55. The lowest BCUT2D eigenvalue weighted by Gasteiger charge is -2.35. The van der Waals surface area contributed by atoms with Crippen LogP contribution in [0.1, 0.15) is 52.4 Å². The molecule has 2 saturated carbocycles. The van der Waals surface area contributed by atoms with Crippen molar-refractivity contribution in [3.63, 3.8) is 0 Å². The van der Waals surface area contributed by atoms with Crippen LogP contribution in [-0.4, -0.2) is 37.0 Å². The molecule has 0 amide bonds. The third-order valence-electron chi connectivity index (χ3n) is 4.34. The standard InChI is InChI=1S/C15H29NO2/c1-15(2)7-5-13(6-8-15)16-9-14(17)11-18-10-12-3-4-12/h12-14,16-17H,3-11H2,1-2H3. The monoisotopic (exact) mass is 255 g/mol. The van der Waals surface area contributed by atoms with Crippen LogP contribution in [0.25, 0.3) is 0 Å². The number of aliphatic hydroxyl groups excluding tert-OH is 1. The van der Waals surface area contributed by atoms with E-state index in [1.165, 1.54) is 38.5 Å². The van der Waals surface area contributed by atoms with Gasteiger partial charge in [-0.2, -0.15) is 0 Å². The van der Waals surface area contributed by atoms with Crippen LogP contribution in [0, 0.1) is 11.3 Å². The molecule has 2 rings (SSSR count). The molecule has 2 fully saturated rings. The van der Waals surface area contributed by atoms with Gasteiger partial charge in [-0.25, -0.2) is 0 Å². The molecule has 106 valence electrons. The first-order valence-electron chi connectivity index (χ1n) is 7.54. The van der Waals surface area contributed by atoms with E-state index in [1.54, 1.807) is 0 Å². The van der Waals surface area contributed by atoms with Crippen LogP contribution < -0.4 is 5.32 Å². The van der Waals surface area contributed by atoms with Crippen molar-refractivity contribution < 1.29 is 9.84 Å². The predicted octanol–water partition coefficient (Wildman–Crippen LogP) is 2.33. The van der Waals surface area contributed by atoms with Crippen LogP contribution in [0.3, 0.4) is 0 Å². The van der Waals surface area contributed by atoms with E-state index in [-0.39, 0.29) is 6.10 Å². The smallest absolute Gasteiger partial charge is 0.0897 e. The van der Waals surface area contributed by atoms with Crippen molar-refractivity contribution in [2.24, 2.45) is 11.3 Å². The van der Waals surface area contributed by atoms with Gasteiger partial charge in [-0.3, -0.25) is 0 Å². The Labute approximate surface area is 111 Å². The quantitative estimate of drug-likeness (QED) is 0.733. The molecule has 2 N–H and O–H groups in total. The van der Waals surface area contributed by atoms with Crippen LogP contribution in [0.4, 0.5) is 0 Å². The number of nitrogens with one attached hydrogen (secondary N) is 1. The van der Waals surface area contributed by atoms with Crippen LogP contribution in [0.5, 0.6) is 0 Å². The molecule has 3 nitrogen and oxygen atoms in total. The van der Waals surface area contributed by atoms with Crippen LogP contribution in [0.15, 0.2) is 0 Å². The van der Waals surface area contributed by atoms with Gasteiger partial charge in [0.1, 0.15) is 0 Å². The summed E-state index contributed by atoms with van der Waals surface area (Å²) in [4.78, 5) is 0. The molecule has 0 bridgehead atoms. The zero-order chi connectivity index (χ0) is 13.0. The molecule has 0 aromatic rings. The molecule has 0 radical (unpaired) electrons. The number of hydrogen-bond donors (Lipinski definition) is 2. The second-order valence-electron chi connectivity index (χ2n) is 6.98. The third-order valence-corrected chi connectivity index (χ3v) is 4.34. The molecule has 2 aliphatic rings. The first kappa shape index (κ1) is 14.3. The summed E-state index contributed by atoms with van der Waals surface area (Å²) in [6.45, 7) is 6.71. The van der Waals surface area contributed by atoms with Crippen molar-refractivity contribution in [2.75, 3.05) is 19.8 Å². The third kappa shape index (κ3) is 5.25. The molecule has 3 heteroatoms. The van der Waals surface area contributed by atoms with Gasteiger partial charge in [0.25, 0.3) is 0 Å². The number of ether oxygens (including phenoxy) is 1.